The van der Waals surface area contributed by atoms with Crippen LogP contribution < -0.4 is 4.90 Å². The summed E-state index contributed by atoms with van der Waals surface area (Å²) in [4.78, 5) is 2.88. The van der Waals surface area contributed by atoms with Gasteiger partial charge in [0.25, 0.3) is 0 Å². The Balaban J connectivity index is 1.54. The number of sulfonamides is 1. The van der Waals surface area contributed by atoms with E-state index >= 15 is 0 Å². The fourth-order valence-corrected chi connectivity index (χ4v) is 4.92. The molecule has 1 saturated heterocycles. The molecule has 3 rings (SSSR count). The van der Waals surface area contributed by atoms with Crippen LogP contribution in [0, 0.1) is 0 Å². The van der Waals surface area contributed by atoms with Crippen LogP contribution in [0.1, 0.15) is 5.56 Å². The summed E-state index contributed by atoms with van der Waals surface area (Å²) in [5.41, 5.74) is 1.20. The fourth-order valence-electron chi connectivity index (χ4n) is 3.07. The van der Waals surface area contributed by atoms with E-state index in [0.717, 1.165) is 24.5 Å². The molecule has 0 bridgehead atoms. The van der Waals surface area contributed by atoms with Crippen molar-refractivity contribution in [1.29, 1.82) is 0 Å². The van der Waals surface area contributed by atoms with Crippen LogP contribution >= 0.6 is 11.8 Å². The van der Waals surface area contributed by atoms with Crippen LogP contribution in [0.2, 0.25) is 0 Å². The fraction of sp³-hybridized carbons (Fsp3) is 0.300. The number of nitrogens with one attached hydrogen (secondary N) is 1. The summed E-state index contributed by atoms with van der Waals surface area (Å²) in [6, 6.07) is 17.4. The molecule has 1 N–H and O–H groups in total. The van der Waals surface area contributed by atoms with Crippen molar-refractivity contribution in [2.75, 3.05) is 39.0 Å². The van der Waals surface area contributed by atoms with Crippen molar-refractivity contribution in [3.05, 3.63) is 66.2 Å². The second kappa shape index (κ2) is 8.86. The molecule has 1 aliphatic rings. The zero-order chi connectivity index (χ0) is 18.4. The largest absolute Gasteiger partial charge is 0.329 e. The number of hydrogen-bond donors (Lipinski definition) is 1. The van der Waals surface area contributed by atoms with Crippen LogP contribution in [0.25, 0.3) is 6.08 Å². The highest BCUT2D eigenvalue weighted by atomic mass is 32.2. The molecular formula is C20H25N2O2S2+. The van der Waals surface area contributed by atoms with Gasteiger partial charge in [-0.2, -0.15) is 4.31 Å². The van der Waals surface area contributed by atoms with E-state index in [1.165, 1.54) is 10.5 Å². The van der Waals surface area contributed by atoms with E-state index < -0.39 is 10.0 Å². The zero-order valence-corrected chi connectivity index (χ0v) is 16.6. The van der Waals surface area contributed by atoms with Crippen LogP contribution in [0.15, 0.2) is 70.5 Å². The van der Waals surface area contributed by atoms with Gasteiger partial charge in [0, 0.05) is 4.90 Å². The molecule has 2 aromatic rings. The third kappa shape index (κ3) is 4.76. The Morgan fingerprint density at radius 1 is 1.04 bits per heavy atom. The van der Waals surface area contributed by atoms with Crippen molar-refractivity contribution in [2.24, 2.45) is 0 Å². The van der Waals surface area contributed by atoms with E-state index in [9.17, 15) is 8.42 Å². The molecule has 0 aliphatic carbocycles. The SMILES string of the molecule is CSc1ccc(S(=O)(=O)N2CC[NH+](C/C=C/c3ccccc3)CC2)cc1. The van der Waals surface area contributed by atoms with Gasteiger partial charge in [-0.1, -0.05) is 36.4 Å². The number of rotatable bonds is 6. The third-order valence-corrected chi connectivity index (χ3v) is 7.30. The highest BCUT2D eigenvalue weighted by molar-refractivity contribution is 7.98. The maximum Gasteiger partial charge on any atom is 0.243 e. The first-order valence-corrected chi connectivity index (χ1v) is 11.5. The predicted molar refractivity (Wildman–Crippen MR) is 108 cm³/mol. The number of benzene rings is 2. The van der Waals surface area contributed by atoms with Gasteiger partial charge >= 0.3 is 0 Å². The Labute approximate surface area is 160 Å². The molecule has 0 amide bonds. The summed E-state index contributed by atoms with van der Waals surface area (Å²) < 4.78 is 27.2. The monoisotopic (exact) mass is 389 g/mol. The van der Waals surface area contributed by atoms with Crippen LogP contribution in [0.5, 0.6) is 0 Å². The quantitative estimate of drug-likeness (QED) is 0.769. The summed E-state index contributed by atoms with van der Waals surface area (Å²) in [6.07, 6.45) is 6.29. The molecule has 138 valence electrons. The van der Waals surface area contributed by atoms with Gasteiger partial charge in [-0.05, 0) is 42.2 Å². The van der Waals surface area contributed by atoms with Gasteiger partial charge in [0.05, 0.1) is 37.6 Å². The first kappa shape index (κ1) is 19.2. The van der Waals surface area contributed by atoms with Gasteiger partial charge in [0.2, 0.25) is 10.0 Å². The van der Waals surface area contributed by atoms with Gasteiger partial charge < -0.3 is 4.90 Å². The van der Waals surface area contributed by atoms with E-state index in [4.69, 9.17) is 0 Å². The first-order valence-electron chi connectivity index (χ1n) is 8.79. The average Bonchev–Trinajstić information content (AvgIpc) is 2.69. The van der Waals surface area contributed by atoms with Crippen molar-refractivity contribution in [3.63, 3.8) is 0 Å². The van der Waals surface area contributed by atoms with Gasteiger partial charge in [-0.3, -0.25) is 0 Å². The number of piperazine rings is 1. The highest BCUT2D eigenvalue weighted by Crippen LogP contribution is 2.20. The topological polar surface area (TPSA) is 41.8 Å². The minimum atomic E-state index is -3.38. The lowest BCUT2D eigenvalue weighted by Crippen LogP contribution is -3.14. The molecule has 0 atom stereocenters. The molecule has 26 heavy (non-hydrogen) atoms. The minimum Gasteiger partial charge on any atom is -0.329 e. The molecule has 1 fully saturated rings. The van der Waals surface area contributed by atoms with Gasteiger partial charge in [0.1, 0.15) is 0 Å². The number of quaternary nitrogens is 1. The Kier molecular flexibility index (Phi) is 6.53. The van der Waals surface area contributed by atoms with Crippen molar-refractivity contribution < 1.29 is 13.3 Å². The molecule has 0 unspecified atom stereocenters. The highest BCUT2D eigenvalue weighted by Gasteiger charge is 2.29. The van der Waals surface area contributed by atoms with Gasteiger partial charge in [0.15, 0.2) is 0 Å². The van der Waals surface area contributed by atoms with Crippen LogP contribution in [0.4, 0.5) is 0 Å². The van der Waals surface area contributed by atoms with Crippen molar-refractivity contribution in [2.45, 2.75) is 9.79 Å². The third-order valence-electron chi connectivity index (χ3n) is 4.64. The smallest absolute Gasteiger partial charge is 0.243 e. The van der Waals surface area contributed by atoms with Gasteiger partial charge in [-0.25, -0.2) is 8.42 Å². The standard InChI is InChI=1S/C20H24N2O2S2/c1-25-19-9-11-20(12-10-19)26(23,24)22-16-14-21(15-17-22)13-5-8-18-6-3-2-4-7-18/h2-12H,13-17H2,1H3/p+1/b8-5+. The Morgan fingerprint density at radius 2 is 1.69 bits per heavy atom. The molecule has 0 radical (unpaired) electrons. The molecule has 0 spiro atoms. The normalized spacial score (nSPS) is 17.0. The maximum absolute atomic E-state index is 12.8. The van der Waals surface area contributed by atoms with Crippen LogP contribution in [-0.4, -0.2) is 51.7 Å². The van der Waals surface area contributed by atoms with Gasteiger partial charge in [-0.15, -0.1) is 11.8 Å². The van der Waals surface area contributed by atoms with E-state index in [1.807, 2.05) is 36.6 Å². The first-order chi connectivity index (χ1) is 12.6. The Bertz CT molecular complexity index is 826. The molecule has 4 nitrogen and oxygen atoms in total. The maximum atomic E-state index is 12.8. The summed E-state index contributed by atoms with van der Waals surface area (Å²) in [5, 5.41) is 0. The van der Waals surface area contributed by atoms with E-state index in [0.29, 0.717) is 18.0 Å². The Hall–Kier alpha value is -1.60. The Morgan fingerprint density at radius 3 is 2.31 bits per heavy atom. The molecule has 0 aromatic heterocycles. The summed E-state index contributed by atoms with van der Waals surface area (Å²) in [5.74, 6) is 0. The molecule has 2 aromatic carbocycles. The van der Waals surface area contributed by atoms with Crippen molar-refractivity contribution >= 4 is 27.9 Å². The number of hydrogen-bond acceptors (Lipinski definition) is 3. The number of nitrogens with zero attached hydrogens (tertiary/aromatic N) is 1. The zero-order valence-electron chi connectivity index (χ0n) is 15.0. The lowest BCUT2D eigenvalue weighted by atomic mass is 10.2. The van der Waals surface area contributed by atoms with Crippen LogP contribution in [0.3, 0.4) is 0 Å². The van der Waals surface area contributed by atoms with Crippen molar-refractivity contribution in [1.82, 2.24) is 4.31 Å². The molecular weight excluding hydrogens is 364 g/mol. The lowest BCUT2D eigenvalue weighted by molar-refractivity contribution is -0.897. The summed E-state index contributed by atoms with van der Waals surface area (Å²) >= 11 is 1.61. The predicted octanol–water partition coefficient (Wildman–Crippen LogP) is 2.01. The second-order valence-corrected chi connectivity index (χ2v) is 9.16. The summed E-state index contributed by atoms with van der Waals surface area (Å²) in [6.45, 7) is 3.73. The minimum absolute atomic E-state index is 0.391. The molecule has 6 heteroatoms. The van der Waals surface area contributed by atoms with E-state index in [2.05, 4.69) is 24.3 Å². The average molecular weight is 390 g/mol. The van der Waals surface area contributed by atoms with Crippen LogP contribution in [-0.2, 0) is 10.0 Å². The number of thioether (sulfide) groups is 1. The second-order valence-electron chi connectivity index (χ2n) is 6.35. The molecule has 1 aliphatic heterocycles. The van der Waals surface area contributed by atoms with E-state index in [1.54, 1.807) is 28.2 Å². The molecule has 1 heterocycles. The summed E-state index contributed by atoms with van der Waals surface area (Å²) in [7, 11) is -3.38. The lowest BCUT2D eigenvalue weighted by Gasteiger charge is -2.31. The van der Waals surface area contributed by atoms with E-state index in [-0.39, 0.29) is 0 Å². The van der Waals surface area contributed by atoms with Crippen molar-refractivity contribution in [3.8, 4) is 0 Å². The molecule has 0 saturated carbocycles.